The van der Waals surface area contributed by atoms with Crippen LogP contribution in [0.2, 0.25) is 0 Å². The number of ether oxygens (including phenoxy) is 1. The van der Waals surface area contributed by atoms with E-state index in [1.54, 1.807) is 0 Å². The van der Waals surface area contributed by atoms with Crippen molar-refractivity contribution in [3.05, 3.63) is 30.1 Å². The number of aliphatic hydroxyl groups is 1. The molecule has 0 aliphatic carbocycles. The molecule has 11 heteroatoms. The molecule has 1 aliphatic heterocycles. The first kappa shape index (κ1) is 20.2. The zero-order valence-electron chi connectivity index (χ0n) is 13.9. The third kappa shape index (κ3) is 4.97. The molecule has 0 spiro atoms. The highest BCUT2D eigenvalue weighted by atomic mass is 32.2. The van der Waals surface area contributed by atoms with Gasteiger partial charge in [-0.3, -0.25) is 9.59 Å². The van der Waals surface area contributed by atoms with Crippen LogP contribution in [0.5, 0.6) is 0 Å². The summed E-state index contributed by atoms with van der Waals surface area (Å²) in [5, 5.41) is 13.1. The third-order valence-electron chi connectivity index (χ3n) is 3.62. The summed E-state index contributed by atoms with van der Waals surface area (Å²) >= 11 is 0. The van der Waals surface area contributed by atoms with E-state index in [0.29, 0.717) is 13.0 Å². The monoisotopic (exact) mass is 389 g/mol. The zero-order chi connectivity index (χ0) is 19.2. The molecule has 0 saturated carbocycles. The highest BCUT2D eigenvalue weighted by Crippen LogP contribution is 2.22. The summed E-state index contributed by atoms with van der Waals surface area (Å²) in [5.41, 5.74) is 0. The van der Waals surface area contributed by atoms with Crippen LogP contribution in [0.4, 0.5) is 4.39 Å². The van der Waals surface area contributed by atoms with Crippen molar-refractivity contribution in [1.82, 2.24) is 14.9 Å². The van der Waals surface area contributed by atoms with Crippen molar-refractivity contribution in [2.24, 2.45) is 0 Å². The molecule has 1 fully saturated rings. The second-order valence-corrected chi connectivity index (χ2v) is 7.33. The number of carbonyl (C=O) groups is 2. The lowest BCUT2D eigenvalue weighted by atomic mass is 10.3. The minimum atomic E-state index is -3.95. The van der Waals surface area contributed by atoms with Gasteiger partial charge in [0.1, 0.15) is 12.0 Å². The van der Waals surface area contributed by atoms with Gasteiger partial charge in [-0.05, 0) is 30.7 Å². The number of aliphatic hydroxyl groups excluding tert-OH is 1. The Morgan fingerprint density at radius 2 is 1.88 bits per heavy atom. The number of hydrogen-bond acceptors (Lipinski definition) is 6. The predicted molar refractivity (Wildman–Crippen MR) is 87.8 cm³/mol. The van der Waals surface area contributed by atoms with Crippen LogP contribution in [0.1, 0.15) is 6.42 Å². The second kappa shape index (κ2) is 9.03. The number of rotatable bonds is 6. The van der Waals surface area contributed by atoms with Gasteiger partial charge in [0.05, 0.1) is 24.7 Å². The van der Waals surface area contributed by atoms with E-state index in [4.69, 9.17) is 9.84 Å². The Morgan fingerprint density at radius 1 is 1.23 bits per heavy atom. The first-order valence-corrected chi connectivity index (χ1v) is 9.36. The van der Waals surface area contributed by atoms with Crippen molar-refractivity contribution >= 4 is 21.8 Å². The Bertz CT molecular complexity index is 740. The molecule has 1 heterocycles. The van der Waals surface area contributed by atoms with E-state index < -0.39 is 33.9 Å². The molecular weight excluding hydrogens is 369 g/mol. The number of sulfonamides is 1. The Kier molecular flexibility index (Phi) is 7.03. The number of carbonyl (C=O) groups excluding carboxylic acids is 2. The van der Waals surface area contributed by atoms with Crippen LogP contribution < -0.4 is 10.6 Å². The highest BCUT2D eigenvalue weighted by Gasteiger charge is 2.34. The SMILES string of the molecule is O=C(NCCO)C(=O)NC[C@@H]1OCCCN1S(=O)(=O)c1ccc(F)cc1. The number of amides is 2. The van der Waals surface area contributed by atoms with Gasteiger partial charge in [0.25, 0.3) is 0 Å². The Labute approximate surface area is 150 Å². The fourth-order valence-corrected chi connectivity index (χ4v) is 3.92. The number of halogens is 1. The van der Waals surface area contributed by atoms with Crippen LogP contribution in [0.15, 0.2) is 29.2 Å². The van der Waals surface area contributed by atoms with Gasteiger partial charge in [0.2, 0.25) is 10.0 Å². The molecule has 0 radical (unpaired) electrons. The van der Waals surface area contributed by atoms with Crippen molar-refractivity contribution in [2.45, 2.75) is 17.5 Å². The van der Waals surface area contributed by atoms with Gasteiger partial charge in [-0.1, -0.05) is 0 Å². The molecule has 9 nitrogen and oxygen atoms in total. The molecule has 26 heavy (non-hydrogen) atoms. The highest BCUT2D eigenvalue weighted by molar-refractivity contribution is 7.89. The molecule has 2 amide bonds. The lowest BCUT2D eigenvalue weighted by molar-refractivity contribution is -0.140. The van der Waals surface area contributed by atoms with Gasteiger partial charge in [0.15, 0.2) is 0 Å². The number of benzene rings is 1. The smallest absolute Gasteiger partial charge is 0.309 e. The van der Waals surface area contributed by atoms with Gasteiger partial charge in [0, 0.05) is 13.1 Å². The van der Waals surface area contributed by atoms with Gasteiger partial charge in [-0.2, -0.15) is 4.31 Å². The largest absolute Gasteiger partial charge is 0.395 e. The summed E-state index contributed by atoms with van der Waals surface area (Å²) in [6.45, 7) is -0.152. The van der Waals surface area contributed by atoms with Gasteiger partial charge in [-0.15, -0.1) is 0 Å². The summed E-state index contributed by atoms with van der Waals surface area (Å²) in [4.78, 5) is 23.1. The second-order valence-electron chi connectivity index (χ2n) is 5.44. The van der Waals surface area contributed by atoms with E-state index in [2.05, 4.69) is 10.6 Å². The molecule has 0 unspecified atom stereocenters. The molecule has 0 bridgehead atoms. The molecule has 1 atom stereocenters. The molecule has 1 saturated heterocycles. The van der Waals surface area contributed by atoms with E-state index in [-0.39, 0.29) is 31.1 Å². The lowest BCUT2D eigenvalue weighted by Crippen LogP contribution is -2.53. The number of nitrogens with zero attached hydrogens (tertiary/aromatic N) is 1. The average Bonchev–Trinajstić information content (AvgIpc) is 2.64. The predicted octanol–water partition coefficient (Wildman–Crippen LogP) is -1.21. The van der Waals surface area contributed by atoms with Crippen LogP contribution >= 0.6 is 0 Å². The van der Waals surface area contributed by atoms with Gasteiger partial charge >= 0.3 is 11.8 Å². The van der Waals surface area contributed by atoms with Crippen molar-refractivity contribution in [3.63, 3.8) is 0 Å². The maximum Gasteiger partial charge on any atom is 0.309 e. The van der Waals surface area contributed by atoms with Crippen LogP contribution in [0, 0.1) is 5.82 Å². The summed E-state index contributed by atoms with van der Waals surface area (Å²) in [5.74, 6) is -2.47. The first-order chi connectivity index (χ1) is 12.4. The summed E-state index contributed by atoms with van der Waals surface area (Å²) < 4.78 is 45.0. The minimum Gasteiger partial charge on any atom is -0.395 e. The quantitative estimate of drug-likeness (QED) is 0.524. The van der Waals surface area contributed by atoms with E-state index in [1.807, 2.05) is 0 Å². The van der Waals surface area contributed by atoms with Gasteiger partial charge < -0.3 is 20.5 Å². The molecule has 1 aromatic carbocycles. The molecule has 0 aromatic heterocycles. The Morgan fingerprint density at radius 3 is 2.54 bits per heavy atom. The fourth-order valence-electron chi connectivity index (χ4n) is 2.35. The van der Waals surface area contributed by atoms with E-state index in [1.165, 1.54) is 0 Å². The Balaban J connectivity index is 2.06. The van der Waals surface area contributed by atoms with Crippen molar-refractivity contribution in [1.29, 1.82) is 0 Å². The van der Waals surface area contributed by atoms with E-state index >= 15 is 0 Å². The molecule has 1 aliphatic rings. The molecule has 3 N–H and O–H groups in total. The third-order valence-corrected chi connectivity index (χ3v) is 5.52. The first-order valence-electron chi connectivity index (χ1n) is 7.92. The molecule has 144 valence electrons. The maximum atomic E-state index is 13.0. The summed E-state index contributed by atoms with van der Waals surface area (Å²) in [6.07, 6.45) is -0.532. The van der Waals surface area contributed by atoms with E-state index in [9.17, 15) is 22.4 Å². The number of hydrogen-bond donors (Lipinski definition) is 3. The van der Waals surface area contributed by atoms with Crippen LogP contribution in [0.25, 0.3) is 0 Å². The normalized spacial score (nSPS) is 18.3. The van der Waals surface area contributed by atoms with Crippen LogP contribution in [-0.4, -0.2) is 68.7 Å². The lowest BCUT2D eigenvalue weighted by Gasteiger charge is -2.34. The molecule has 2 rings (SSSR count). The van der Waals surface area contributed by atoms with Crippen molar-refractivity contribution in [3.8, 4) is 0 Å². The molecule has 1 aromatic rings. The summed E-state index contributed by atoms with van der Waals surface area (Å²) in [6, 6.07) is 4.38. The van der Waals surface area contributed by atoms with E-state index in [0.717, 1.165) is 28.6 Å². The Hall–Kier alpha value is -2.08. The summed E-state index contributed by atoms with van der Waals surface area (Å²) in [7, 11) is -3.95. The average molecular weight is 389 g/mol. The van der Waals surface area contributed by atoms with Crippen LogP contribution in [0.3, 0.4) is 0 Å². The van der Waals surface area contributed by atoms with Crippen LogP contribution in [-0.2, 0) is 24.3 Å². The standard InChI is InChI=1S/C15H20FN3O6S/c16-11-2-4-12(5-3-11)26(23,24)19-7-1-9-25-13(19)10-18-15(22)14(21)17-6-8-20/h2-5,13,20H,1,6-10H2,(H,17,21)(H,18,22)/t13-/m0/s1. The number of nitrogens with one attached hydrogen (secondary N) is 2. The fraction of sp³-hybridized carbons (Fsp3) is 0.467. The zero-order valence-corrected chi connectivity index (χ0v) is 14.7. The maximum absolute atomic E-state index is 13.0. The van der Waals surface area contributed by atoms with Crippen molar-refractivity contribution in [2.75, 3.05) is 32.8 Å². The van der Waals surface area contributed by atoms with Crippen molar-refractivity contribution < 1.29 is 32.2 Å². The minimum absolute atomic E-state index is 0.0722. The topological polar surface area (TPSA) is 125 Å². The van der Waals surface area contributed by atoms with Gasteiger partial charge in [-0.25, -0.2) is 12.8 Å². The molecular formula is C15H20FN3O6S.